The van der Waals surface area contributed by atoms with Gasteiger partial charge in [0, 0.05) is 43.7 Å². The third-order valence-electron chi connectivity index (χ3n) is 5.14. The van der Waals surface area contributed by atoms with Crippen molar-refractivity contribution in [2.24, 2.45) is 0 Å². The molecule has 0 atom stereocenters. The fourth-order valence-electron chi connectivity index (χ4n) is 3.69. The Labute approximate surface area is 175 Å². The third-order valence-corrected chi connectivity index (χ3v) is 5.14. The monoisotopic (exact) mass is 414 g/mol. The molecular weight excluding hydrogens is 387 g/mol. The lowest BCUT2D eigenvalue weighted by Crippen LogP contribution is -2.46. The molecule has 7 nitrogen and oxygen atoms in total. The van der Waals surface area contributed by atoms with Crippen molar-refractivity contribution in [2.75, 3.05) is 19.6 Å². The fourth-order valence-corrected chi connectivity index (χ4v) is 3.69. The number of alkyl carbamates (subject to hydrolysis) is 1. The Hall–Kier alpha value is -2.92. The van der Waals surface area contributed by atoms with Gasteiger partial charge in [-0.2, -0.15) is 5.26 Å². The van der Waals surface area contributed by atoms with Crippen molar-refractivity contribution in [1.82, 2.24) is 14.8 Å². The molecule has 3 rings (SSSR count). The van der Waals surface area contributed by atoms with E-state index in [1.807, 2.05) is 26.8 Å². The summed E-state index contributed by atoms with van der Waals surface area (Å²) in [6.07, 6.45) is 1.17. The van der Waals surface area contributed by atoms with E-state index in [1.54, 1.807) is 0 Å². The number of nitrogens with one attached hydrogen (secondary N) is 1. The van der Waals surface area contributed by atoms with E-state index in [4.69, 9.17) is 4.74 Å². The van der Waals surface area contributed by atoms with Crippen LogP contribution < -0.4 is 10.9 Å². The van der Waals surface area contributed by atoms with Crippen LogP contribution in [-0.4, -0.2) is 46.8 Å². The highest BCUT2D eigenvalue weighted by Crippen LogP contribution is 2.18. The lowest BCUT2D eigenvalue weighted by Gasteiger charge is -2.33. The first-order chi connectivity index (χ1) is 14.2. The van der Waals surface area contributed by atoms with E-state index < -0.39 is 17.5 Å². The van der Waals surface area contributed by atoms with Gasteiger partial charge in [-0.1, -0.05) is 0 Å². The SMILES string of the molecule is CC(C)(C)OC(=O)NC1CCN(CCn2c(=O)cc(C#N)c3ccc(F)cc32)CC1. The largest absolute Gasteiger partial charge is 0.444 e. The molecule has 30 heavy (non-hydrogen) atoms. The van der Waals surface area contributed by atoms with Crippen molar-refractivity contribution in [3.05, 3.63) is 46.0 Å². The molecule has 0 radical (unpaired) electrons. The molecule has 0 spiro atoms. The van der Waals surface area contributed by atoms with Crippen LogP contribution in [0.1, 0.15) is 39.2 Å². The second-order valence-corrected chi connectivity index (χ2v) is 8.58. The summed E-state index contributed by atoms with van der Waals surface area (Å²) < 4.78 is 20.6. The van der Waals surface area contributed by atoms with Gasteiger partial charge in [0.05, 0.1) is 11.1 Å². The van der Waals surface area contributed by atoms with Gasteiger partial charge >= 0.3 is 6.09 Å². The number of halogens is 1. The lowest BCUT2D eigenvalue weighted by atomic mass is 10.1. The van der Waals surface area contributed by atoms with Crippen LogP contribution in [0.5, 0.6) is 0 Å². The molecule has 1 N–H and O–H groups in total. The van der Waals surface area contributed by atoms with Crippen molar-refractivity contribution in [2.45, 2.75) is 51.8 Å². The molecule has 1 amide bonds. The van der Waals surface area contributed by atoms with Crippen molar-refractivity contribution >= 4 is 17.0 Å². The summed E-state index contributed by atoms with van der Waals surface area (Å²) in [5.74, 6) is -0.445. The highest BCUT2D eigenvalue weighted by atomic mass is 19.1. The molecule has 0 aliphatic carbocycles. The van der Waals surface area contributed by atoms with Gasteiger partial charge in [-0.15, -0.1) is 0 Å². The molecule has 2 heterocycles. The molecule has 2 aromatic rings. The number of benzene rings is 1. The van der Waals surface area contributed by atoms with Gasteiger partial charge in [-0.05, 0) is 51.8 Å². The van der Waals surface area contributed by atoms with Crippen LogP contribution in [0, 0.1) is 17.1 Å². The summed E-state index contributed by atoms with van der Waals surface area (Å²) >= 11 is 0. The molecule has 1 saturated heterocycles. The highest BCUT2D eigenvalue weighted by molar-refractivity contribution is 5.85. The van der Waals surface area contributed by atoms with E-state index >= 15 is 0 Å². The highest BCUT2D eigenvalue weighted by Gasteiger charge is 2.23. The molecule has 1 aliphatic rings. The minimum Gasteiger partial charge on any atom is -0.444 e. The summed E-state index contributed by atoms with van der Waals surface area (Å²) in [4.78, 5) is 26.6. The van der Waals surface area contributed by atoms with Gasteiger partial charge < -0.3 is 19.5 Å². The zero-order chi connectivity index (χ0) is 21.9. The Morgan fingerprint density at radius 1 is 1.27 bits per heavy atom. The van der Waals surface area contributed by atoms with Gasteiger partial charge in [0.2, 0.25) is 0 Å². The summed E-state index contributed by atoms with van der Waals surface area (Å²) in [5, 5.41) is 12.7. The number of ether oxygens (including phenoxy) is 1. The molecule has 0 unspecified atom stereocenters. The minimum absolute atomic E-state index is 0.0589. The average Bonchev–Trinajstić information content (AvgIpc) is 2.66. The number of amides is 1. The normalized spacial score (nSPS) is 15.7. The Morgan fingerprint density at radius 2 is 1.97 bits per heavy atom. The Bertz CT molecular complexity index is 1030. The summed E-state index contributed by atoms with van der Waals surface area (Å²) in [7, 11) is 0. The topological polar surface area (TPSA) is 87.4 Å². The maximum Gasteiger partial charge on any atom is 0.407 e. The van der Waals surface area contributed by atoms with Crippen molar-refractivity contribution in [3.8, 4) is 6.07 Å². The summed E-state index contributed by atoms with van der Waals surface area (Å²) in [6.45, 7) is 8.06. The number of fused-ring (bicyclic) bond motifs is 1. The number of pyridine rings is 1. The molecular formula is C22H27FN4O3. The molecule has 0 saturated carbocycles. The average molecular weight is 414 g/mol. The first-order valence-corrected chi connectivity index (χ1v) is 10.1. The number of piperidine rings is 1. The van der Waals surface area contributed by atoms with Crippen LogP contribution in [0.4, 0.5) is 9.18 Å². The van der Waals surface area contributed by atoms with Crippen LogP contribution in [0.25, 0.3) is 10.9 Å². The zero-order valence-electron chi connectivity index (χ0n) is 17.6. The number of nitrogens with zero attached hydrogens (tertiary/aromatic N) is 3. The molecule has 0 bridgehead atoms. The van der Waals surface area contributed by atoms with Gasteiger partial charge in [0.25, 0.3) is 5.56 Å². The van der Waals surface area contributed by atoms with E-state index in [0.29, 0.717) is 24.0 Å². The lowest BCUT2D eigenvalue weighted by molar-refractivity contribution is 0.0478. The molecule has 8 heteroatoms. The molecule has 1 aromatic heterocycles. The van der Waals surface area contributed by atoms with Crippen LogP contribution in [0.2, 0.25) is 0 Å². The maximum absolute atomic E-state index is 13.8. The molecule has 1 fully saturated rings. The number of nitriles is 1. The van der Waals surface area contributed by atoms with E-state index in [-0.39, 0.29) is 17.2 Å². The Kier molecular flexibility index (Phi) is 6.42. The van der Waals surface area contributed by atoms with Crippen LogP contribution >= 0.6 is 0 Å². The third kappa shape index (κ3) is 5.36. The summed E-state index contributed by atoms with van der Waals surface area (Å²) in [5.41, 5.74) is -0.159. The van der Waals surface area contributed by atoms with Gasteiger partial charge in [-0.3, -0.25) is 4.79 Å². The quantitative estimate of drug-likeness (QED) is 0.831. The number of hydrogen-bond donors (Lipinski definition) is 1. The minimum atomic E-state index is -0.526. The summed E-state index contributed by atoms with van der Waals surface area (Å²) in [6, 6.07) is 7.50. The predicted octanol–water partition coefficient (Wildman–Crippen LogP) is 3.00. The molecule has 160 valence electrons. The zero-order valence-corrected chi connectivity index (χ0v) is 17.6. The fraction of sp³-hybridized carbons (Fsp3) is 0.500. The van der Waals surface area contributed by atoms with E-state index in [0.717, 1.165) is 25.9 Å². The number of aromatic nitrogens is 1. The van der Waals surface area contributed by atoms with Gasteiger partial charge in [0.15, 0.2) is 0 Å². The van der Waals surface area contributed by atoms with Crippen molar-refractivity contribution in [3.63, 3.8) is 0 Å². The maximum atomic E-state index is 13.8. The number of rotatable bonds is 4. The second-order valence-electron chi connectivity index (χ2n) is 8.58. The van der Waals surface area contributed by atoms with Crippen LogP contribution in [0.15, 0.2) is 29.1 Å². The van der Waals surface area contributed by atoms with Crippen molar-refractivity contribution in [1.29, 1.82) is 5.26 Å². The predicted molar refractivity (Wildman–Crippen MR) is 112 cm³/mol. The van der Waals surface area contributed by atoms with Crippen molar-refractivity contribution < 1.29 is 13.9 Å². The molecule has 1 aliphatic heterocycles. The van der Waals surface area contributed by atoms with Crippen LogP contribution in [-0.2, 0) is 11.3 Å². The Morgan fingerprint density at radius 3 is 2.60 bits per heavy atom. The number of hydrogen-bond acceptors (Lipinski definition) is 5. The van der Waals surface area contributed by atoms with Gasteiger partial charge in [0.1, 0.15) is 17.5 Å². The standard InChI is InChI=1S/C22H27FN4O3/c1-22(2,3)30-21(29)25-17-6-8-26(9-7-17)10-11-27-19-13-16(23)4-5-18(19)15(14-24)12-20(27)28/h4-5,12-13,17H,6-11H2,1-3H3,(H,25,29). The van der Waals surface area contributed by atoms with E-state index in [2.05, 4.69) is 10.2 Å². The number of carbonyl (C=O) groups is 1. The van der Waals surface area contributed by atoms with Crippen LogP contribution in [0.3, 0.4) is 0 Å². The van der Waals surface area contributed by atoms with Gasteiger partial charge in [-0.25, -0.2) is 9.18 Å². The molecule has 1 aromatic carbocycles. The van der Waals surface area contributed by atoms with E-state index in [1.165, 1.54) is 28.8 Å². The number of carbonyl (C=O) groups excluding carboxylic acids is 1. The second kappa shape index (κ2) is 8.84. The first kappa shape index (κ1) is 21.8. The van der Waals surface area contributed by atoms with E-state index in [9.17, 15) is 19.2 Å². The smallest absolute Gasteiger partial charge is 0.407 e. The Balaban J connectivity index is 1.61. The first-order valence-electron chi connectivity index (χ1n) is 10.1. The number of likely N-dealkylation sites (tertiary alicyclic amines) is 1.